The van der Waals surface area contributed by atoms with E-state index >= 15 is 0 Å². The third kappa shape index (κ3) is 9.52. The second-order valence-electron chi connectivity index (χ2n) is 9.71. The van der Waals surface area contributed by atoms with E-state index in [4.69, 9.17) is 5.73 Å². The Morgan fingerprint density at radius 1 is 0.975 bits per heavy atom. The zero-order valence-corrected chi connectivity index (χ0v) is 25.3. The smallest absolute Gasteiger partial charge is 0.156 e. The normalized spacial score (nSPS) is 16.7. The van der Waals surface area contributed by atoms with Gasteiger partial charge in [0, 0.05) is 43.0 Å². The summed E-state index contributed by atoms with van der Waals surface area (Å²) in [5.41, 5.74) is 10.8. The number of fused-ring (bicyclic) bond motifs is 2. The Bertz CT molecular complexity index is 1110. The van der Waals surface area contributed by atoms with Crippen LogP contribution in [0.2, 0.25) is 0 Å². The lowest BCUT2D eigenvalue weighted by atomic mass is 10.0. The average molecular weight is 627 g/mol. The van der Waals surface area contributed by atoms with Gasteiger partial charge in [0.05, 0.1) is 23.1 Å². The molecule has 0 saturated carbocycles. The number of anilines is 2. The van der Waals surface area contributed by atoms with Crippen LogP contribution in [0.5, 0.6) is 0 Å². The van der Waals surface area contributed by atoms with E-state index in [1.54, 1.807) is 0 Å². The molecule has 0 bridgehead atoms. The van der Waals surface area contributed by atoms with Crippen LogP contribution in [0.1, 0.15) is 32.3 Å². The van der Waals surface area contributed by atoms with E-state index < -0.39 is 0 Å². The fourth-order valence-electron chi connectivity index (χ4n) is 4.91. The number of nitrogens with two attached hydrogens (primary N) is 1. The van der Waals surface area contributed by atoms with Crippen molar-refractivity contribution in [2.45, 2.75) is 51.6 Å². The molecule has 2 aliphatic rings. The van der Waals surface area contributed by atoms with Crippen LogP contribution in [0.25, 0.3) is 10.9 Å². The summed E-state index contributed by atoms with van der Waals surface area (Å²) in [6, 6.07) is 13.4. The van der Waals surface area contributed by atoms with Crippen molar-refractivity contribution in [3.63, 3.8) is 0 Å². The lowest BCUT2D eigenvalue weighted by molar-refractivity contribution is 0.174. The Labute approximate surface area is 254 Å². The lowest BCUT2D eigenvalue weighted by Gasteiger charge is -2.37. The van der Waals surface area contributed by atoms with Gasteiger partial charge >= 0.3 is 0 Å². The number of para-hydroxylation sites is 1. The monoisotopic (exact) mass is 625 g/mol. The summed E-state index contributed by atoms with van der Waals surface area (Å²) < 4.78 is 0. The van der Waals surface area contributed by atoms with Gasteiger partial charge in [-0.05, 0) is 49.5 Å². The molecule has 12 N–H and O–H groups in total. The molecule has 14 heteroatoms. The van der Waals surface area contributed by atoms with Gasteiger partial charge in [0.15, 0.2) is 6.29 Å². The molecule has 40 heavy (non-hydrogen) atoms. The summed E-state index contributed by atoms with van der Waals surface area (Å²) in [5.74, 6) is 0.521. The Hall–Kier alpha value is -2.03. The van der Waals surface area contributed by atoms with Crippen molar-refractivity contribution in [2.24, 2.45) is 11.7 Å². The molecule has 4 heterocycles. The van der Waals surface area contributed by atoms with Gasteiger partial charge in [0.1, 0.15) is 0 Å². The summed E-state index contributed by atoms with van der Waals surface area (Å²) in [6.07, 6.45) is 7.94. The second kappa shape index (κ2) is 19.2. The molecule has 230 valence electrons. The SMILES string of the molecule is CC(C)C(N)CN1CCC(NC2Nc3cnccc3N2Cc2cccc3cccnc23)CC1.Cl.Cl.Cl.O.O.O.O. The molecule has 1 aromatic carbocycles. The van der Waals surface area contributed by atoms with Gasteiger partial charge < -0.3 is 42.8 Å². The quantitative estimate of drug-likeness (QED) is 0.350. The number of piperidine rings is 1. The van der Waals surface area contributed by atoms with Gasteiger partial charge in [-0.2, -0.15) is 0 Å². The van der Waals surface area contributed by atoms with Crippen molar-refractivity contribution in [3.8, 4) is 0 Å². The predicted octanol–water partition coefficient (Wildman–Crippen LogP) is 1.35. The first kappa shape index (κ1) is 42.4. The molecule has 2 unspecified atom stereocenters. The van der Waals surface area contributed by atoms with Crippen LogP contribution >= 0.6 is 37.2 Å². The van der Waals surface area contributed by atoms with Gasteiger partial charge in [-0.1, -0.05) is 38.1 Å². The van der Waals surface area contributed by atoms with Crippen molar-refractivity contribution >= 4 is 59.5 Å². The van der Waals surface area contributed by atoms with Crippen LogP contribution < -0.4 is 21.3 Å². The topological polar surface area (TPSA) is 208 Å². The maximum Gasteiger partial charge on any atom is 0.156 e. The van der Waals surface area contributed by atoms with Crippen LogP contribution in [-0.2, 0) is 6.54 Å². The summed E-state index contributed by atoms with van der Waals surface area (Å²) in [4.78, 5) is 13.9. The number of likely N-dealkylation sites (tertiary alicyclic amines) is 1. The standard InChI is InChI=1S/C26H35N7.3ClH.4H2O/c1-18(2)22(27)17-32-13-9-21(10-14-32)30-26-31-23-15-28-12-8-24(23)33(26)16-20-6-3-5-19-7-4-11-29-25(19)20;;;;;;;/h3-8,11-12,15,18,21-22,26,30-31H,9-10,13-14,16-17,27H2,1-2H3;3*1H;4*1H2. The van der Waals surface area contributed by atoms with Crippen molar-refractivity contribution < 1.29 is 21.9 Å². The van der Waals surface area contributed by atoms with E-state index in [1.807, 2.05) is 24.7 Å². The molecule has 2 aromatic heterocycles. The summed E-state index contributed by atoms with van der Waals surface area (Å²) >= 11 is 0. The maximum atomic E-state index is 6.31. The average Bonchev–Trinajstić information content (AvgIpc) is 3.17. The zero-order chi connectivity index (χ0) is 22.8. The summed E-state index contributed by atoms with van der Waals surface area (Å²) in [6.45, 7) is 8.36. The number of halogens is 3. The first-order valence-electron chi connectivity index (χ1n) is 12.1. The number of benzene rings is 1. The number of hydrogen-bond donors (Lipinski definition) is 3. The van der Waals surface area contributed by atoms with Crippen LogP contribution in [-0.4, -0.2) is 74.8 Å². The minimum absolute atomic E-state index is 0. The number of nitrogens with zero attached hydrogens (tertiary/aromatic N) is 4. The molecule has 0 radical (unpaired) electrons. The van der Waals surface area contributed by atoms with Crippen LogP contribution in [0.15, 0.2) is 55.0 Å². The number of nitrogens with one attached hydrogen (secondary N) is 2. The summed E-state index contributed by atoms with van der Waals surface area (Å²) in [5, 5.41) is 8.72. The first-order chi connectivity index (χ1) is 16.1. The van der Waals surface area contributed by atoms with Crippen LogP contribution in [0.3, 0.4) is 0 Å². The van der Waals surface area contributed by atoms with E-state index in [0.717, 1.165) is 50.2 Å². The van der Waals surface area contributed by atoms with Gasteiger partial charge in [-0.15, -0.1) is 37.2 Å². The van der Waals surface area contributed by atoms with Crippen LogP contribution in [0, 0.1) is 5.92 Å². The Balaban J connectivity index is -0.00000196. The molecule has 5 rings (SSSR count). The highest BCUT2D eigenvalue weighted by Gasteiger charge is 2.32. The molecule has 3 aromatic rings. The van der Waals surface area contributed by atoms with E-state index in [2.05, 4.69) is 74.6 Å². The van der Waals surface area contributed by atoms with Gasteiger partial charge in [0.25, 0.3) is 0 Å². The fraction of sp³-hybridized carbons (Fsp3) is 0.462. The Morgan fingerprint density at radius 3 is 2.33 bits per heavy atom. The third-order valence-electron chi connectivity index (χ3n) is 7.07. The summed E-state index contributed by atoms with van der Waals surface area (Å²) in [7, 11) is 0. The molecule has 2 atom stereocenters. The number of hydrogen-bond acceptors (Lipinski definition) is 7. The van der Waals surface area contributed by atoms with Gasteiger partial charge in [-0.25, -0.2) is 0 Å². The van der Waals surface area contributed by atoms with Crippen LogP contribution in [0.4, 0.5) is 11.4 Å². The lowest BCUT2D eigenvalue weighted by Crippen LogP contribution is -2.54. The Morgan fingerprint density at radius 2 is 1.65 bits per heavy atom. The van der Waals surface area contributed by atoms with Crippen molar-refractivity contribution in [2.75, 3.05) is 29.9 Å². The largest absolute Gasteiger partial charge is 0.412 e. The molecular weight excluding hydrogens is 581 g/mol. The highest BCUT2D eigenvalue weighted by molar-refractivity contribution is 5.86. The number of aromatic nitrogens is 2. The first-order valence-corrected chi connectivity index (χ1v) is 12.1. The molecule has 0 spiro atoms. The molecule has 1 fully saturated rings. The third-order valence-corrected chi connectivity index (χ3v) is 7.07. The minimum atomic E-state index is 0. The second-order valence-corrected chi connectivity index (χ2v) is 9.71. The molecule has 11 nitrogen and oxygen atoms in total. The molecule has 0 aliphatic carbocycles. The highest BCUT2D eigenvalue weighted by atomic mass is 35.5. The molecule has 0 amide bonds. The molecule has 2 aliphatic heterocycles. The van der Waals surface area contributed by atoms with E-state index in [0.29, 0.717) is 12.0 Å². The molecular formula is C26H46Cl3N7O4. The highest BCUT2D eigenvalue weighted by Crippen LogP contribution is 2.35. The minimum Gasteiger partial charge on any atom is -0.412 e. The van der Waals surface area contributed by atoms with Crippen molar-refractivity contribution in [3.05, 3.63) is 60.6 Å². The predicted molar refractivity (Wildman–Crippen MR) is 171 cm³/mol. The zero-order valence-electron chi connectivity index (χ0n) is 22.8. The van der Waals surface area contributed by atoms with E-state index in [9.17, 15) is 0 Å². The van der Waals surface area contributed by atoms with E-state index in [-0.39, 0.29) is 71.5 Å². The van der Waals surface area contributed by atoms with Crippen molar-refractivity contribution in [1.29, 1.82) is 0 Å². The Kier molecular flexibility index (Phi) is 20.3. The molecule has 1 saturated heterocycles. The number of pyridine rings is 2. The maximum absolute atomic E-state index is 6.31. The van der Waals surface area contributed by atoms with Gasteiger partial charge in [0.2, 0.25) is 0 Å². The number of rotatable bonds is 7. The fourth-order valence-corrected chi connectivity index (χ4v) is 4.91. The van der Waals surface area contributed by atoms with E-state index in [1.165, 1.54) is 16.6 Å². The van der Waals surface area contributed by atoms with Crippen molar-refractivity contribution in [1.82, 2.24) is 20.2 Å². The van der Waals surface area contributed by atoms with Gasteiger partial charge in [-0.3, -0.25) is 15.3 Å².